The molecule has 0 saturated carbocycles. The van der Waals surface area contributed by atoms with Gasteiger partial charge in [0.05, 0.1) is 5.52 Å². The van der Waals surface area contributed by atoms with Crippen LogP contribution in [0.15, 0.2) is 49.2 Å². The van der Waals surface area contributed by atoms with Gasteiger partial charge in [-0.1, -0.05) is 24.3 Å². The van der Waals surface area contributed by atoms with Crippen LogP contribution in [0.25, 0.3) is 10.9 Å². The number of fused-ring (bicyclic) bond motifs is 1. The van der Waals surface area contributed by atoms with Gasteiger partial charge >= 0.3 is 0 Å². The van der Waals surface area contributed by atoms with Crippen LogP contribution >= 0.6 is 12.4 Å². The number of hydrogen-bond donors (Lipinski definition) is 1. The molecule has 0 spiro atoms. The Hall–Kier alpha value is -1.38. The quantitative estimate of drug-likeness (QED) is 0.829. The number of aromatic nitrogens is 1. The van der Waals surface area contributed by atoms with Crippen molar-refractivity contribution in [1.82, 2.24) is 4.98 Å². The molecule has 3 heteroatoms. The van der Waals surface area contributed by atoms with E-state index < -0.39 is 0 Å². The van der Waals surface area contributed by atoms with Crippen LogP contribution in [-0.2, 0) is 0 Å². The lowest BCUT2D eigenvalue weighted by atomic mass is 10.0. The van der Waals surface area contributed by atoms with Crippen molar-refractivity contribution >= 4 is 23.3 Å². The molecule has 0 aliphatic heterocycles. The van der Waals surface area contributed by atoms with Gasteiger partial charge in [-0.25, -0.2) is 0 Å². The van der Waals surface area contributed by atoms with Crippen molar-refractivity contribution < 1.29 is 0 Å². The first-order valence-electron chi connectivity index (χ1n) is 5.03. The number of benzene rings is 1. The molecule has 84 valence electrons. The van der Waals surface area contributed by atoms with Crippen molar-refractivity contribution in [3.63, 3.8) is 0 Å². The summed E-state index contributed by atoms with van der Waals surface area (Å²) in [6.45, 7) is 3.71. The third-order valence-corrected chi connectivity index (χ3v) is 2.50. The first-order valence-corrected chi connectivity index (χ1v) is 5.03. The van der Waals surface area contributed by atoms with Gasteiger partial charge in [0.25, 0.3) is 0 Å². The summed E-state index contributed by atoms with van der Waals surface area (Å²) < 4.78 is 0. The van der Waals surface area contributed by atoms with Crippen molar-refractivity contribution in [2.24, 2.45) is 5.73 Å². The number of para-hydroxylation sites is 1. The molecule has 0 bridgehead atoms. The van der Waals surface area contributed by atoms with Crippen LogP contribution in [-0.4, -0.2) is 4.98 Å². The molecule has 0 aliphatic carbocycles. The zero-order valence-electron chi connectivity index (χ0n) is 8.97. The first kappa shape index (κ1) is 12.7. The van der Waals surface area contributed by atoms with E-state index in [0.717, 1.165) is 22.9 Å². The maximum absolute atomic E-state index is 6.07. The second kappa shape index (κ2) is 5.64. The van der Waals surface area contributed by atoms with Gasteiger partial charge in [-0.2, -0.15) is 0 Å². The third-order valence-electron chi connectivity index (χ3n) is 2.50. The van der Waals surface area contributed by atoms with Crippen molar-refractivity contribution in [2.75, 3.05) is 0 Å². The van der Waals surface area contributed by atoms with E-state index in [4.69, 9.17) is 5.73 Å². The minimum absolute atomic E-state index is 0. The van der Waals surface area contributed by atoms with E-state index in [9.17, 15) is 0 Å². The second-order valence-corrected chi connectivity index (χ2v) is 3.55. The maximum Gasteiger partial charge on any atom is 0.0705 e. The van der Waals surface area contributed by atoms with Gasteiger partial charge in [0.2, 0.25) is 0 Å². The van der Waals surface area contributed by atoms with E-state index in [1.54, 1.807) is 6.20 Å². The first-order chi connectivity index (χ1) is 7.33. The Morgan fingerprint density at radius 1 is 1.31 bits per heavy atom. The highest BCUT2D eigenvalue weighted by Gasteiger charge is 2.07. The topological polar surface area (TPSA) is 38.9 Å². The van der Waals surface area contributed by atoms with Crippen molar-refractivity contribution in [3.8, 4) is 0 Å². The molecule has 1 heterocycles. The standard InChI is InChI=1S/C13H14N2.ClH/c1-2-5-12(14)10-8-9-15-13-7-4-3-6-11(10)13;/h2-4,6-9,12H,1,5,14H2;1H/t12-;/m0./s1. The largest absolute Gasteiger partial charge is 0.324 e. The van der Waals surface area contributed by atoms with E-state index in [1.807, 2.05) is 30.3 Å². The molecule has 0 fully saturated rings. The molecule has 0 aliphatic rings. The molecule has 2 aromatic rings. The Morgan fingerprint density at radius 2 is 2.06 bits per heavy atom. The van der Waals surface area contributed by atoms with Gasteiger partial charge in [0.1, 0.15) is 0 Å². The van der Waals surface area contributed by atoms with Gasteiger partial charge in [-0.15, -0.1) is 19.0 Å². The molecule has 1 atom stereocenters. The van der Waals surface area contributed by atoms with Gasteiger partial charge in [0, 0.05) is 17.6 Å². The van der Waals surface area contributed by atoms with E-state index >= 15 is 0 Å². The molecular weight excluding hydrogens is 220 g/mol. The molecule has 1 aromatic heterocycles. The Labute approximate surface area is 102 Å². The summed E-state index contributed by atoms with van der Waals surface area (Å²) in [6.07, 6.45) is 4.44. The SMILES string of the molecule is C=CC[C@H](N)c1ccnc2ccccc12.Cl. The van der Waals surface area contributed by atoms with E-state index in [0.29, 0.717) is 0 Å². The summed E-state index contributed by atoms with van der Waals surface area (Å²) >= 11 is 0. The third kappa shape index (κ3) is 2.40. The van der Waals surface area contributed by atoms with E-state index in [1.165, 1.54) is 0 Å². The van der Waals surface area contributed by atoms with Crippen LogP contribution in [0.3, 0.4) is 0 Å². The Bertz CT molecular complexity index is 477. The zero-order chi connectivity index (χ0) is 10.7. The Balaban J connectivity index is 0.00000128. The average molecular weight is 235 g/mol. The fraction of sp³-hybridized carbons (Fsp3) is 0.154. The average Bonchev–Trinajstić information content (AvgIpc) is 2.28. The molecule has 16 heavy (non-hydrogen) atoms. The Morgan fingerprint density at radius 3 is 2.81 bits per heavy atom. The van der Waals surface area contributed by atoms with E-state index in [2.05, 4.69) is 17.6 Å². The summed E-state index contributed by atoms with van der Waals surface area (Å²) in [5.41, 5.74) is 8.21. The zero-order valence-corrected chi connectivity index (χ0v) is 9.78. The van der Waals surface area contributed by atoms with Crippen LogP contribution in [0.2, 0.25) is 0 Å². The highest BCUT2D eigenvalue weighted by Crippen LogP contribution is 2.23. The maximum atomic E-state index is 6.07. The molecule has 1 aromatic carbocycles. The van der Waals surface area contributed by atoms with Crippen LogP contribution in [0.4, 0.5) is 0 Å². The van der Waals surface area contributed by atoms with Crippen molar-refractivity contribution in [3.05, 3.63) is 54.7 Å². The summed E-state index contributed by atoms with van der Waals surface area (Å²) in [4.78, 5) is 4.30. The van der Waals surface area contributed by atoms with E-state index in [-0.39, 0.29) is 18.4 Å². The highest BCUT2D eigenvalue weighted by molar-refractivity contribution is 5.85. The number of nitrogens with zero attached hydrogens (tertiary/aromatic N) is 1. The van der Waals surface area contributed by atoms with Crippen LogP contribution in [0.1, 0.15) is 18.0 Å². The minimum Gasteiger partial charge on any atom is -0.324 e. The van der Waals surface area contributed by atoms with Gasteiger partial charge in [-0.3, -0.25) is 4.98 Å². The van der Waals surface area contributed by atoms with Gasteiger partial charge in [-0.05, 0) is 24.1 Å². The van der Waals surface area contributed by atoms with Gasteiger partial charge in [0.15, 0.2) is 0 Å². The predicted molar refractivity (Wildman–Crippen MR) is 70.7 cm³/mol. The molecule has 0 saturated heterocycles. The normalized spacial score (nSPS) is 11.8. The monoisotopic (exact) mass is 234 g/mol. The molecule has 2 rings (SSSR count). The molecule has 2 N–H and O–H groups in total. The van der Waals surface area contributed by atoms with Gasteiger partial charge < -0.3 is 5.73 Å². The molecule has 0 radical (unpaired) electrons. The summed E-state index contributed by atoms with van der Waals surface area (Å²) in [5.74, 6) is 0. The lowest BCUT2D eigenvalue weighted by Gasteiger charge is -2.11. The molecular formula is C13H15ClN2. The summed E-state index contributed by atoms with van der Waals surface area (Å²) in [7, 11) is 0. The van der Waals surface area contributed by atoms with Crippen LogP contribution in [0.5, 0.6) is 0 Å². The molecule has 0 unspecified atom stereocenters. The lowest BCUT2D eigenvalue weighted by Crippen LogP contribution is -2.09. The lowest BCUT2D eigenvalue weighted by molar-refractivity contribution is 0.747. The van der Waals surface area contributed by atoms with Crippen molar-refractivity contribution in [1.29, 1.82) is 0 Å². The van der Waals surface area contributed by atoms with Crippen LogP contribution < -0.4 is 5.73 Å². The predicted octanol–water partition coefficient (Wildman–Crippen LogP) is 3.23. The number of halogens is 1. The molecule has 2 nitrogen and oxygen atoms in total. The van der Waals surface area contributed by atoms with Crippen molar-refractivity contribution in [2.45, 2.75) is 12.5 Å². The summed E-state index contributed by atoms with van der Waals surface area (Å²) in [5, 5.41) is 1.13. The highest BCUT2D eigenvalue weighted by atomic mass is 35.5. The minimum atomic E-state index is 0. The fourth-order valence-corrected chi connectivity index (χ4v) is 1.75. The number of nitrogens with two attached hydrogens (primary N) is 1. The fourth-order valence-electron chi connectivity index (χ4n) is 1.75. The number of pyridine rings is 1. The number of rotatable bonds is 3. The molecule has 0 amide bonds. The Kier molecular flexibility index (Phi) is 4.47. The smallest absolute Gasteiger partial charge is 0.0705 e. The second-order valence-electron chi connectivity index (χ2n) is 3.55. The summed E-state index contributed by atoms with van der Waals surface area (Å²) in [6, 6.07) is 10.0. The number of hydrogen-bond acceptors (Lipinski definition) is 2. The van der Waals surface area contributed by atoms with Crippen LogP contribution in [0, 0.1) is 0 Å².